The minimum absolute atomic E-state index is 0.212. The molecule has 0 aliphatic rings. The summed E-state index contributed by atoms with van der Waals surface area (Å²) in [7, 11) is -1.30. The van der Waals surface area contributed by atoms with Gasteiger partial charge in [0.15, 0.2) is 0 Å². The molecule has 1 unspecified atom stereocenters. The molecular formula is C10H8O3S. The predicted octanol–water partition coefficient (Wildman–Crippen LogP) is 1.53. The van der Waals surface area contributed by atoms with Crippen LogP contribution in [0.2, 0.25) is 0 Å². The van der Waals surface area contributed by atoms with Gasteiger partial charge in [-0.25, -0.2) is 0 Å². The third-order valence-corrected chi connectivity index (χ3v) is 2.86. The van der Waals surface area contributed by atoms with Crippen LogP contribution in [0.25, 0.3) is 11.0 Å². The number of benzene rings is 1. The van der Waals surface area contributed by atoms with Crippen LogP contribution in [0.1, 0.15) is 0 Å². The molecule has 1 aromatic heterocycles. The van der Waals surface area contributed by atoms with Gasteiger partial charge in [0.05, 0.1) is 16.2 Å². The standard InChI is InChI=1S/C10H8O3S/c1-14(12)9-6-13-8-5-3-2-4-7(8)10(9)11/h2-6H,1H3. The summed E-state index contributed by atoms with van der Waals surface area (Å²) in [4.78, 5) is 11.9. The van der Waals surface area contributed by atoms with E-state index in [1.807, 2.05) is 0 Å². The van der Waals surface area contributed by atoms with E-state index in [2.05, 4.69) is 0 Å². The number of fused-ring (bicyclic) bond motifs is 1. The van der Waals surface area contributed by atoms with Gasteiger partial charge in [0.1, 0.15) is 16.7 Å². The normalized spacial score (nSPS) is 12.9. The summed E-state index contributed by atoms with van der Waals surface area (Å²) in [6.45, 7) is 0. The van der Waals surface area contributed by atoms with Crippen molar-refractivity contribution < 1.29 is 8.63 Å². The van der Waals surface area contributed by atoms with Gasteiger partial charge in [-0.15, -0.1) is 0 Å². The molecule has 0 spiro atoms. The lowest BCUT2D eigenvalue weighted by Crippen LogP contribution is -2.09. The number of hydrogen-bond donors (Lipinski definition) is 0. The second kappa shape index (κ2) is 3.38. The molecule has 14 heavy (non-hydrogen) atoms. The number of para-hydroxylation sites is 1. The molecule has 0 saturated carbocycles. The van der Waals surface area contributed by atoms with E-state index in [1.165, 1.54) is 12.5 Å². The topological polar surface area (TPSA) is 47.3 Å². The maximum atomic E-state index is 11.7. The highest BCUT2D eigenvalue weighted by Crippen LogP contribution is 2.11. The predicted molar refractivity (Wildman–Crippen MR) is 54.8 cm³/mol. The van der Waals surface area contributed by atoms with E-state index in [1.54, 1.807) is 24.3 Å². The SMILES string of the molecule is CS(=O)c1coc2ccccc2c1=O. The molecule has 0 saturated heterocycles. The molecule has 2 aromatic rings. The van der Waals surface area contributed by atoms with Crippen LogP contribution in [0, 0.1) is 0 Å². The van der Waals surface area contributed by atoms with Gasteiger partial charge in [0, 0.05) is 6.26 Å². The van der Waals surface area contributed by atoms with Crippen LogP contribution >= 0.6 is 0 Å². The lowest BCUT2D eigenvalue weighted by Gasteiger charge is -1.97. The van der Waals surface area contributed by atoms with Gasteiger partial charge in [-0.2, -0.15) is 0 Å². The quantitative estimate of drug-likeness (QED) is 0.714. The zero-order valence-electron chi connectivity index (χ0n) is 7.52. The molecule has 3 nitrogen and oxygen atoms in total. The molecule has 4 heteroatoms. The van der Waals surface area contributed by atoms with Crippen molar-refractivity contribution in [1.29, 1.82) is 0 Å². The zero-order chi connectivity index (χ0) is 10.1. The summed E-state index contributed by atoms with van der Waals surface area (Å²) in [5, 5.41) is 0.472. The fourth-order valence-corrected chi connectivity index (χ4v) is 1.81. The third-order valence-electron chi connectivity index (χ3n) is 1.96. The molecule has 0 aliphatic carbocycles. The molecule has 0 bridgehead atoms. The highest BCUT2D eigenvalue weighted by molar-refractivity contribution is 7.84. The fraction of sp³-hybridized carbons (Fsp3) is 0.100. The second-order valence-corrected chi connectivity index (χ2v) is 4.23. The monoisotopic (exact) mass is 208 g/mol. The molecule has 72 valence electrons. The molecule has 2 rings (SSSR count). The summed E-state index contributed by atoms with van der Waals surface area (Å²) in [5.74, 6) is 0. The Hall–Kier alpha value is -1.42. The van der Waals surface area contributed by atoms with Crippen molar-refractivity contribution in [3.8, 4) is 0 Å². The molecule has 0 amide bonds. The van der Waals surface area contributed by atoms with Crippen molar-refractivity contribution in [2.75, 3.05) is 6.26 Å². The van der Waals surface area contributed by atoms with E-state index in [-0.39, 0.29) is 10.3 Å². The summed E-state index contributed by atoms with van der Waals surface area (Å²) >= 11 is 0. The molecule has 0 radical (unpaired) electrons. The highest BCUT2D eigenvalue weighted by atomic mass is 32.2. The lowest BCUT2D eigenvalue weighted by molar-refractivity contribution is 0.584. The van der Waals surface area contributed by atoms with Crippen LogP contribution < -0.4 is 5.43 Å². The molecule has 1 atom stereocenters. The van der Waals surface area contributed by atoms with E-state index < -0.39 is 10.8 Å². The van der Waals surface area contributed by atoms with Gasteiger partial charge < -0.3 is 4.42 Å². The van der Waals surface area contributed by atoms with Crippen LogP contribution in [0.3, 0.4) is 0 Å². The van der Waals surface area contributed by atoms with Crippen molar-refractivity contribution in [1.82, 2.24) is 0 Å². The lowest BCUT2D eigenvalue weighted by atomic mass is 10.2. The van der Waals surface area contributed by atoms with Crippen LogP contribution in [-0.4, -0.2) is 10.5 Å². The maximum Gasteiger partial charge on any atom is 0.208 e. The summed E-state index contributed by atoms with van der Waals surface area (Å²) < 4.78 is 16.4. The van der Waals surface area contributed by atoms with Gasteiger partial charge in [0.25, 0.3) is 0 Å². The van der Waals surface area contributed by atoms with Gasteiger partial charge in [-0.05, 0) is 12.1 Å². The van der Waals surface area contributed by atoms with Gasteiger partial charge in [0.2, 0.25) is 5.43 Å². The van der Waals surface area contributed by atoms with Crippen LogP contribution in [0.4, 0.5) is 0 Å². The molecule has 1 heterocycles. The van der Waals surface area contributed by atoms with Gasteiger partial charge in [-0.1, -0.05) is 12.1 Å². The van der Waals surface area contributed by atoms with Crippen molar-refractivity contribution in [3.63, 3.8) is 0 Å². The van der Waals surface area contributed by atoms with Crippen molar-refractivity contribution in [3.05, 3.63) is 40.8 Å². The minimum atomic E-state index is -1.30. The van der Waals surface area contributed by atoms with E-state index in [4.69, 9.17) is 4.42 Å². The van der Waals surface area contributed by atoms with Crippen LogP contribution in [0.15, 0.2) is 44.6 Å². The Morgan fingerprint density at radius 2 is 2.00 bits per heavy atom. The molecule has 0 fully saturated rings. The Morgan fingerprint density at radius 1 is 1.29 bits per heavy atom. The number of hydrogen-bond acceptors (Lipinski definition) is 3. The summed E-state index contributed by atoms with van der Waals surface area (Å²) in [5.41, 5.74) is 0.305. The van der Waals surface area contributed by atoms with Crippen LogP contribution in [0.5, 0.6) is 0 Å². The van der Waals surface area contributed by atoms with Gasteiger partial charge >= 0.3 is 0 Å². The summed E-state index contributed by atoms with van der Waals surface area (Å²) in [6, 6.07) is 6.91. The zero-order valence-corrected chi connectivity index (χ0v) is 8.34. The minimum Gasteiger partial charge on any atom is -0.463 e. The Balaban J connectivity index is 2.89. The highest BCUT2D eigenvalue weighted by Gasteiger charge is 2.08. The average molecular weight is 208 g/mol. The van der Waals surface area contributed by atoms with E-state index >= 15 is 0 Å². The van der Waals surface area contributed by atoms with Crippen molar-refractivity contribution >= 4 is 21.8 Å². The average Bonchev–Trinajstić information content (AvgIpc) is 2.18. The largest absolute Gasteiger partial charge is 0.463 e. The molecular weight excluding hydrogens is 200 g/mol. The van der Waals surface area contributed by atoms with Crippen LogP contribution in [-0.2, 0) is 10.8 Å². The first-order valence-electron chi connectivity index (χ1n) is 4.04. The van der Waals surface area contributed by atoms with E-state index in [9.17, 15) is 9.00 Å². The smallest absolute Gasteiger partial charge is 0.208 e. The molecule has 0 aliphatic heterocycles. The first kappa shape index (κ1) is 9.15. The van der Waals surface area contributed by atoms with Gasteiger partial charge in [-0.3, -0.25) is 9.00 Å². The summed E-state index contributed by atoms with van der Waals surface area (Å²) in [6.07, 6.45) is 2.72. The fourth-order valence-electron chi connectivity index (χ4n) is 1.26. The molecule has 1 aromatic carbocycles. The maximum absolute atomic E-state index is 11.7. The Bertz CT molecular complexity index is 557. The Labute approximate surface area is 82.8 Å². The first-order valence-corrected chi connectivity index (χ1v) is 5.60. The number of rotatable bonds is 1. The van der Waals surface area contributed by atoms with Crippen molar-refractivity contribution in [2.45, 2.75) is 4.90 Å². The Kier molecular flexibility index (Phi) is 2.21. The second-order valence-electron chi connectivity index (χ2n) is 2.88. The van der Waals surface area contributed by atoms with E-state index in [0.29, 0.717) is 11.0 Å². The van der Waals surface area contributed by atoms with Crippen molar-refractivity contribution in [2.24, 2.45) is 0 Å². The van der Waals surface area contributed by atoms with E-state index in [0.717, 1.165) is 0 Å². The Morgan fingerprint density at radius 3 is 2.71 bits per heavy atom. The third kappa shape index (κ3) is 1.37. The molecule has 0 N–H and O–H groups in total. The first-order chi connectivity index (χ1) is 6.70.